The van der Waals surface area contributed by atoms with Crippen LogP contribution in [0, 0.1) is 11.3 Å². The minimum Gasteiger partial charge on any atom is -0.486 e. The molecule has 150 valence electrons. The summed E-state index contributed by atoms with van der Waals surface area (Å²) in [5, 5.41) is 16.6. The van der Waals surface area contributed by atoms with E-state index in [1.165, 1.54) is 0 Å². The van der Waals surface area contributed by atoms with Gasteiger partial charge in [-0.1, -0.05) is 48.5 Å². The number of nitrogens with one attached hydrogen (secondary N) is 1. The molecule has 4 aromatic carbocycles. The first-order valence-electron chi connectivity index (χ1n) is 9.96. The molecule has 0 bridgehead atoms. The molecule has 0 saturated carbocycles. The SMILES string of the molecule is N#C/C(=C\c1c2ccccc2cc2ccccc12)C(=O)Nc1ccc2c(c1)OCCO2. The van der Waals surface area contributed by atoms with Crippen molar-refractivity contribution in [3.63, 3.8) is 0 Å². The van der Waals surface area contributed by atoms with Crippen LogP contribution in [0.1, 0.15) is 5.56 Å². The van der Waals surface area contributed by atoms with Crippen LogP contribution in [-0.2, 0) is 4.79 Å². The first kappa shape index (κ1) is 18.7. The van der Waals surface area contributed by atoms with Crippen molar-refractivity contribution in [2.45, 2.75) is 0 Å². The molecule has 1 aliphatic rings. The molecule has 1 heterocycles. The summed E-state index contributed by atoms with van der Waals surface area (Å²) in [4.78, 5) is 12.9. The summed E-state index contributed by atoms with van der Waals surface area (Å²) >= 11 is 0. The molecule has 0 aromatic heterocycles. The standard InChI is InChI=1S/C26H18N2O3/c27-16-19(26(29)28-20-9-10-24-25(15-20)31-12-11-30-24)14-23-21-7-3-1-5-17(21)13-18-6-2-4-8-22(18)23/h1-10,13-15H,11-12H2,(H,28,29)/b19-14+. The quantitative estimate of drug-likeness (QED) is 0.284. The Morgan fingerprint density at radius 2 is 1.52 bits per heavy atom. The number of hydrogen-bond donors (Lipinski definition) is 1. The third-order valence-corrected chi connectivity index (χ3v) is 5.27. The van der Waals surface area contributed by atoms with Crippen molar-refractivity contribution in [3.05, 3.63) is 83.9 Å². The number of anilines is 1. The second-order valence-electron chi connectivity index (χ2n) is 7.21. The first-order chi connectivity index (χ1) is 15.2. The summed E-state index contributed by atoms with van der Waals surface area (Å²) in [5.41, 5.74) is 1.41. The molecule has 31 heavy (non-hydrogen) atoms. The molecule has 0 saturated heterocycles. The Bertz CT molecular complexity index is 1350. The van der Waals surface area contributed by atoms with Crippen molar-refractivity contribution < 1.29 is 14.3 Å². The molecule has 0 aliphatic carbocycles. The van der Waals surface area contributed by atoms with Gasteiger partial charge in [-0.3, -0.25) is 4.79 Å². The largest absolute Gasteiger partial charge is 0.486 e. The molecule has 5 rings (SSSR count). The van der Waals surface area contributed by atoms with Gasteiger partial charge in [0.15, 0.2) is 11.5 Å². The third kappa shape index (κ3) is 3.56. The lowest BCUT2D eigenvalue weighted by atomic mass is 9.95. The average molecular weight is 406 g/mol. The molecular formula is C26H18N2O3. The van der Waals surface area contributed by atoms with Gasteiger partial charge >= 0.3 is 0 Å². The minimum absolute atomic E-state index is 0.0244. The highest BCUT2D eigenvalue weighted by atomic mass is 16.6. The fourth-order valence-corrected chi connectivity index (χ4v) is 3.82. The summed E-state index contributed by atoms with van der Waals surface area (Å²) < 4.78 is 11.1. The van der Waals surface area contributed by atoms with E-state index in [1.807, 2.05) is 48.5 Å². The van der Waals surface area contributed by atoms with Crippen LogP contribution in [0.25, 0.3) is 27.6 Å². The average Bonchev–Trinajstić information content (AvgIpc) is 2.81. The van der Waals surface area contributed by atoms with Crippen LogP contribution < -0.4 is 14.8 Å². The Hall–Kier alpha value is -4.30. The van der Waals surface area contributed by atoms with Crippen molar-refractivity contribution in [1.29, 1.82) is 5.26 Å². The molecule has 4 aromatic rings. The van der Waals surface area contributed by atoms with Gasteiger partial charge in [-0.2, -0.15) is 5.26 Å². The molecule has 1 N–H and O–H groups in total. The lowest BCUT2D eigenvalue weighted by Crippen LogP contribution is -2.17. The zero-order chi connectivity index (χ0) is 21.2. The predicted octanol–water partition coefficient (Wildman–Crippen LogP) is 5.31. The summed E-state index contributed by atoms with van der Waals surface area (Å²) in [6.07, 6.45) is 1.66. The highest BCUT2D eigenvalue weighted by molar-refractivity contribution is 6.14. The molecular weight excluding hydrogens is 388 g/mol. The van der Waals surface area contributed by atoms with E-state index in [0.717, 1.165) is 27.1 Å². The van der Waals surface area contributed by atoms with Gasteiger partial charge in [-0.05, 0) is 51.4 Å². The number of amides is 1. The van der Waals surface area contributed by atoms with E-state index in [-0.39, 0.29) is 5.57 Å². The topological polar surface area (TPSA) is 71.4 Å². The molecule has 5 nitrogen and oxygen atoms in total. The second kappa shape index (κ2) is 7.85. The molecule has 1 aliphatic heterocycles. The Kier molecular flexibility index (Phi) is 4.74. The van der Waals surface area contributed by atoms with E-state index in [4.69, 9.17) is 9.47 Å². The Morgan fingerprint density at radius 3 is 2.19 bits per heavy atom. The van der Waals surface area contributed by atoms with E-state index >= 15 is 0 Å². The van der Waals surface area contributed by atoms with Crippen LogP contribution in [0.4, 0.5) is 5.69 Å². The lowest BCUT2D eigenvalue weighted by molar-refractivity contribution is -0.112. The third-order valence-electron chi connectivity index (χ3n) is 5.27. The zero-order valence-electron chi connectivity index (χ0n) is 16.6. The maximum atomic E-state index is 12.9. The van der Waals surface area contributed by atoms with Crippen molar-refractivity contribution in [3.8, 4) is 17.6 Å². The first-order valence-corrected chi connectivity index (χ1v) is 9.96. The van der Waals surface area contributed by atoms with E-state index < -0.39 is 5.91 Å². The van der Waals surface area contributed by atoms with Gasteiger partial charge in [0, 0.05) is 11.8 Å². The highest BCUT2D eigenvalue weighted by Crippen LogP contribution is 2.33. The lowest BCUT2D eigenvalue weighted by Gasteiger charge is -2.19. The molecule has 0 atom stereocenters. The Morgan fingerprint density at radius 1 is 0.871 bits per heavy atom. The maximum absolute atomic E-state index is 12.9. The summed E-state index contributed by atoms with van der Waals surface area (Å²) in [6.45, 7) is 0.959. The van der Waals surface area contributed by atoms with Gasteiger partial charge in [-0.25, -0.2) is 0 Å². The molecule has 0 radical (unpaired) electrons. The number of benzene rings is 4. The van der Waals surface area contributed by atoms with Crippen LogP contribution in [-0.4, -0.2) is 19.1 Å². The van der Waals surface area contributed by atoms with Crippen LogP contribution >= 0.6 is 0 Å². The Labute approximate surface area is 179 Å². The second-order valence-corrected chi connectivity index (χ2v) is 7.21. The van der Waals surface area contributed by atoms with Crippen LogP contribution in [0.3, 0.4) is 0 Å². The summed E-state index contributed by atoms with van der Waals surface area (Å²) in [6, 6.07) is 25.3. The number of nitriles is 1. The number of carbonyl (C=O) groups is 1. The molecule has 1 amide bonds. The predicted molar refractivity (Wildman–Crippen MR) is 121 cm³/mol. The fraction of sp³-hybridized carbons (Fsp3) is 0.0769. The zero-order valence-corrected chi connectivity index (χ0v) is 16.6. The van der Waals surface area contributed by atoms with Crippen LogP contribution in [0.2, 0.25) is 0 Å². The number of carbonyl (C=O) groups excluding carboxylic acids is 1. The Balaban J connectivity index is 1.55. The van der Waals surface area contributed by atoms with E-state index in [2.05, 4.69) is 17.5 Å². The van der Waals surface area contributed by atoms with Gasteiger partial charge in [0.2, 0.25) is 0 Å². The normalized spacial score (nSPS) is 13.1. The van der Waals surface area contributed by atoms with Crippen molar-refractivity contribution in [2.75, 3.05) is 18.5 Å². The fourth-order valence-electron chi connectivity index (χ4n) is 3.82. The molecule has 0 spiro atoms. The number of nitrogens with zero attached hydrogens (tertiary/aromatic N) is 1. The van der Waals surface area contributed by atoms with Gasteiger partial charge in [0.25, 0.3) is 5.91 Å². The maximum Gasteiger partial charge on any atom is 0.266 e. The minimum atomic E-state index is -0.476. The van der Waals surface area contributed by atoms with Crippen LogP contribution in [0.15, 0.2) is 78.4 Å². The van der Waals surface area contributed by atoms with E-state index in [1.54, 1.807) is 24.3 Å². The summed E-state index contributed by atoms with van der Waals surface area (Å²) in [7, 11) is 0. The smallest absolute Gasteiger partial charge is 0.266 e. The van der Waals surface area contributed by atoms with Crippen molar-refractivity contribution in [1.82, 2.24) is 0 Å². The summed E-state index contributed by atoms with van der Waals surface area (Å²) in [5.74, 6) is 0.741. The van der Waals surface area contributed by atoms with Gasteiger partial charge in [0.05, 0.1) is 0 Å². The van der Waals surface area contributed by atoms with Gasteiger partial charge in [-0.15, -0.1) is 0 Å². The number of ether oxygens (including phenoxy) is 2. The molecule has 0 unspecified atom stereocenters. The highest BCUT2D eigenvalue weighted by Gasteiger charge is 2.16. The number of rotatable bonds is 3. The van der Waals surface area contributed by atoms with Gasteiger partial charge < -0.3 is 14.8 Å². The van der Waals surface area contributed by atoms with Crippen LogP contribution in [0.5, 0.6) is 11.5 Å². The number of fused-ring (bicyclic) bond motifs is 3. The van der Waals surface area contributed by atoms with Gasteiger partial charge in [0.1, 0.15) is 24.9 Å². The molecule has 0 fully saturated rings. The van der Waals surface area contributed by atoms with E-state index in [9.17, 15) is 10.1 Å². The van der Waals surface area contributed by atoms with Crippen molar-refractivity contribution in [2.24, 2.45) is 0 Å². The van der Waals surface area contributed by atoms with E-state index in [0.29, 0.717) is 30.4 Å². The monoisotopic (exact) mass is 406 g/mol. The molecule has 5 heteroatoms. The van der Waals surface area contributed by atoms with Crippen molar-refractivity contribution >= 4 is 39.2 Å². The number of hydrogen-bond acceptors (Lipinski definition) is 4.